The quantitative estimate of drug-likeness (QED) is 0.733. The van der Waals surface area contributed by atoms with E-state index in [9.17, 15) is 4.39 Å². The fourth-order valence-corrected chi connectivity index (χ4v) is 2.72. The minimum absolute atomic E-state index is 0.409. The van der Waals surface area contributed by atoms with Crippen molar-refractivity contribution in [3.8, 4) is 11.4 Å². The van der Waals surface area contributed by atoms with Gasteiger partial charge in [-0.2, -0.15) is 18.8 Å². The topological polar surface area (TPSA) is 68.5 Å². The van der Waals surface area contributed by atoms with Crippen molar-refractivity contribution in [3.05, 3.63) is 36.5 Å². The zero-order valence-corrected chi connectivity index (χ0v) is 12.4. The van der Waals surface area contributed by atoms with Crippen LogP contribution < -0.4 is 5.32 Å². The smallest absolute Gasteiger partial charge is 0.214 e. The normalized spacial score (nSPS) is 14.2. The lowest BCUT2D eigenvalue weighted by atomic mass is 10.3. The van der Waals surface area contributed by atoms with Gasteiger partial charge in [0.05, 0.1) is 11.8 Å². The molecular weight excluding hydrogens is 303 g/mol. The standard InChI is InChI=1S/C14H13FN6S/c15-11-2-1-3-12(17-11)18-14-19-13(20-22-14)10-6-16-21(8-10)7-9-4-5-9/h1-3,6,8-9H,4-5,7H2,(H,17,18,19,20). The second-order valence-corrected chi connectivity index (χ2v) is 6.04. The Hall–Kier alpha value is -2.35. The number of aromatic nitrogens is 5. The van der Waals surface area contributed by atoms with Gasteiger partial charge < -0.3 is 5.32 Å². The molecule has 6 nitrogen and oxygen atoms in total. The Morgan fingerprint density at radius 3 is 3.05 bits per heavy atom. The highest BCUT2D eigenvalue weighted by atomic mass is 32.1. The molecule has 0 radical (unpaired) electrons. The molecule has 1 N–H and O–H groups in total. The maximum Gasteiger partial charge on any atom is 0.214 e. The summed E-state index contributed by atoms with van der Waals surface area (Å²) in [5, 5.41) is 7.86. The van der Waals surface area contributed by atoms with Crippen LogP contribution in [0.5, 0.6) is 0 Å². The van der Waals surface area contributed by atoms with Crippen LogP contribution in [0.1, 0.15) is 12.8 Å². The van der Waals surface area contributed by atoms with E-state index >= 15 is 0 Å². The summed E-state index contributed by atoms with van der Waals surface area (Å²) in [7, 11) is 0. The van der Waals surface area contributed by atoms with Gasteiger partial charge in [-0.25, -0.2) is 4.98 Å². The Labute approximate surface area is 130 Å². The first-order valence-electron chi connectivity index (χ1n) is 7.02. The summed E-state index contributed by atoms with van der Waals surface area (Å²) in [4.78, 5) is 8.13. The van der Waals surface area contributed by atoms with Gasteiger partial charge in [-0.15, -0.1) is 0 Å². The highest BCUT2D eigenvalue weighted by Crippen LogP contribution is 2.31. The zero-order valence-electron chi connectivity index (χ0n) is 11.6. The first-order chi connectivity index (χ1) is 10.8. The van der Waals surface area contributed by atoms with Gasteiger partial charge in [0.2, 0.25) is 11.1 Å². The number of halogens is 1. The summed E-state index contributed by atoms with van der Waals surface area (Å²) < 4.78 is 19.3. The van der Waals surface area contributed by atoms with Crippen LogP contribution in [0, 0.1) is 11.9 Å². The molecule has 1 aliphatic rings. The maximum absolute atomic E-state index is 13.1. The average molecular weight is 316 g/mol. The molecule has 0 aliphatic heterocycles. The molecule has 8 heteroatoms. The second kappa shape index (κ2) is 5.45. The predicted molar refractivity (Wildman–Crippen MR) is 81.3 cm³/mol. The number of rotatable bonds is 5. The maximum atomic E-state index is 13.1. The van der Waals surface area contributed by atoms with Crippen molar-refractivity contribution in [3.63, 3.8) is 0 Å². The van der Waals surface area contributed by atoms with Crippen LogP contribution >= 0.6 is 11.5 Å². The van der Waals surface area contributed by atoms with Gasteiger partial charge in [-0.3, -0.25) is 4.68 Å². The Kier molecular flexibility index (Phi) is 3.30. The summed E-state index contributed by atoms with van der Waals surface area (Å²) in [5.74, 6) is 1.27. The van der Waals surface area contributed by atoms with Gasteiger partial charge in [-0.05, 0) is 30.9 Å². The van der Waals surface area contributed by atoms with Crippen molar-refractivity contribution < 1.29 is 4.39 Å². The molecule has 22 heavy (non-hydrogen) atoms. The van der Waals surface area contributed by atoms with Gasteiger partial charge in [0.25, 0.3) is 0 Å². The lowest BCUT2D eigenvalue weighted by Crippen LogP contribution is -1.99. The Morgan fingerprint density at radius 2 is 2.23 bits per heavy atom. The van der Waals surface area contributed by atoms with E-state index in [1.165, 1.54) is 30.4 Å². The average Bonchev–Trinajstić information content (AvgIpc) is 2.98. The van der Waals surface area contributed by atoms with Gasteiger partial charge in [0.15, 0.2) is 5.82 Å². The van der Waals surface area contributed by atoms with Crippen molar-refractivity contribution in [1.82, 2.24) is 24.1 Å². The highest BCUT2D eigenvalue weighted by Gasteiger charge is 2.22. The molecule has 1 saturated carbocycles. The van der Waals surface area contributed by atoms with E-state index in [0.29, 0.717) is 16.8 Å². The molecule has 1 aliphatic carbocycles. The van der Waals surface area contributed by atoms with Crippen LogP contribution in [0.3, 0.4) is 0 Å². The number of nitrogens with zero attached hydrogens (tertiary/aromatic N) is 5. The van der Waals surface area contributed by atoms with E-state index in [-0.39, 0.29) is 0 Å². The monoisotopic (exact) mass is 316 g/mol. The van der Waals surface area contributed by atoms with Gasteiger partial charge >= 0.3 is 0 Å². The molecule has 0 unspecified atom stereocenters. The van der Waals surface area contributed by atoms with Crippen LogP contribution in [-0.2, 0) is 6.54 Å². The molecule has 3 heterocycles. The Balaban J connectivity index is 1.49. The van der Waals surface area contributed by atoms with E-state index < -0.39 is 5.95 Å². The summed E-state index contributed by atoms with van der Waals surface area (Å²) in [6.45, 7) is 0.961. The SMILES string of the molecule is Fc1cccc(Nc2nc(-c3cnn(CC4CC4)c3)ns2)n1. The number of pyridine rings is 1. The van der Waals surface area contributed by atoms with E-state index in [2.05, 4.69) is 24.8 Å². The molecular formula is C14H13FN6S. The summed E-state index contributed by atoms with van der Waals surface area (Å²) in [6, 6.07) is 4.57. The lowest BCUT2D eigenvalue weighted by molar-refractivity contribution is 0.563. The minimum atomic E-state index is -0.531. The molecule has 0 amide bonds. The van der Waals surface area contributed by atoms with Crippen molar-refractivity contribution >= 4 is 22.5 Å². The molecule has 4 rings (SSSR count). The summed E-state index contributed by atoms with van der Waals surface area (Å²) in [5.41, 5.74) is 0.886. The number of hydrogen-bond donors (Lipinski definition) is 1. The second-order valence-electron chi connectivity index (χ2n) is 5.29. The molecule has 0 saturated heterocycles. The van der Waals surface area contributed by atoms with Crippen LogP contribution in [0.4, 0.5) is 15.3 Å². The van der Waals surface area contributed by atoms with Gasteiger partial charge in [0, 0.05) is 24.3 Å². The highest BCUT2D eigenvalue weighted by molar-refractivity contribution is 7.09. The summed E-state index contributed by atoms with van der Waals surface area (Å²) >= 11 is 1.21. The van der Waals surface area contributed by atoms with Gasteiger partial charge in [-0.1, -0.05) is 6.07 Å². The Bertz CT molecular complexity index is 794. The van der Waals surface area contributed by atoms with Gasteiger partial charge in [0.1, 0.15) is 5.82 Å². The molecule has 0 aromatic carbocycles. The van der Waals surface area contributed by atoms with Crippen LogP contribution in [0.25, 0.3) is 11.4 Å². The van der Waals surface area contributed by atoms with Crippen LogP contribution in [0.2, 0.25) is 0 Å². The molecule has 0 spiro atoms. The number of hydrogen-bond acceptors (Lipinski definition) is 6. The largest absolute Gasteiger partial charge is 0.315 e. The van der Waals surface area contributed by atoms with Crippen molar-refractivity contribution in [2.24, 2.45) is 5.92 Å². The Morgan fingerprint density at radius 1 is 1.32 bits per heavy atom. The van der Waals surface area contributed by atoms with Crippen molar-refractivity contribution in [2.75, 3.05) is 5.32 Å². The first kappa shape index (κ1) is 13.3. The molecule has 0 atom stereocenters. The fraction of sp³-hybridized carbons (Fsp3) is 0.286. The third-order valence-electron chi connectivity index (χ3n) is 3.41. The molecule has 1 fully saturated rings. The van der Waals surface area contributed by atoms with E-state index in [4.69, 9.17) is 0 Å². The number of anilines is 2. The molecule has 3 aromatic rings. The minimum Gasteiger partial charge on any atom is -0.315 e. The lowest BCUT2D eigenvalue weighted by Gasteiger charge is -1.99. The van der Waals surface area contributed by atoms with E-state index in [1.807, 2.05) is 10.9 Å². The first-order valence-corrected chi connectivity index (χ1v) is 7.80. The van der Waals surface area contributed by atoms with Crippen LogP contribution in [-0.4, -0.2) is 24.1 Å². The van der Waals surface area contributed by atoms with Crippen molar-refractivity contribution in [1.29, 1.82) is 0 Å². The third kappa shape index (κ3) is 2.96. The van der Waals surface area contributed by atoms with Crippen LogP contribution in [0.15, 0.2) is 30.6 Å². The molecule has 0 bridgehead atoms. The fourth-order valence-electron chi connectivity index (χ4n) is 2.12. The molecule has 3 aromatic heterocycles. The zero-order chi connectivity index (χ0) is 14.9. The number of nitrogens with one attached hydrogen (secondary N) is 1. The predicted octanol–water partition coefficient (Wildman–Crippen LogP) is 3.09. The van der Waals surface area contributed by atoms with E-state index in [1.54, 1.807) is 18.3 Å². The van der Waals surface area contributed by atoms with E-state index in [0.717, 1.165) is 18.0 Å². The third-order valence-corrected chi connectivity index (χ3v) is 4.04. The summed E-state index contributed by atoms with van der Waals surface area (Å²) in [6.07, 6.45) is 6.32. The van der Waals surface area contributed by atoms with Crippen molar-refractivity contribution in [2.45, 2.75) is 19.4 Å². The molecule has 112 valence electrons.